The summed E-state index contributed by atoms with van der Waals surface area (Å²) in [5.74, 6) is 0.928. The Morgan fingerprint density at radius 3 is 2.69 bits per heavy atom. The molecule has 2 aromatic carbocycles. The first kappa shape index (κ1) is 18.5. The Kier molecular flexibility index (Phi) is 5.94. The fourth-order valence-electron chi connectivity index (χ4n) is 3.78. The molecule has 1 heterocycles. The lowest BCUT2D eigenvalue weighted by Crippen LogP contribution is -2.33. The van der Waals surface area contributed by atoms with Gasteiger partial charge in [-0.2, -0.15) is 0 Å². The van der Waals surface area contributed by atoms with Crippen molar-refractivity contribution in [2.45, 2.75) is 39.2 Å². The van der Waals surface area contributed by atoms with E-state index in [-0.39, 0.29) is 5.91 Å². The van der Waals surface area contributed by atoms with E-state index in [2.05, 4.69) is 35.3 Å². The molecule has 0 bridgehead atoms. The zero-order valence-electron chi connectivity index (χ0n) is 15.9. The standard InChI is InChI=1S/C22H28N2O2/c1-4-17-8-5-7-16(2)22(17)23-21(25)15-24-14-6-9-20(24)18-10-12-19(26-3)13-11-18/h5,7-8,10-13,20H,4,6,9,14-15H2,1-3H3,(H,23,25). The lowest BCUT2D eigenvalue weighted by Gasteiger charge is -2.25. The molecular weight excluding hydrogens is 324 g/mol. The molecule has 1 unspecified atom stereocenters. The fraction of sp³-hybridized carbons (Fsp3) is 0.409. The molecule has 1 aliphatic heterocycles. The summed E-state index contributed by atoms with van der Waals surface area (Å²) < 4.78 is 5.24. The number of hydrogen-bond donors (Lipinski definition) is 1. The maximum atomic E-state index is 12.7. The average molecular weight is 352 g/mol. The van der Waals surface area contributed by atoms with Crippen LogP contribution in [0.15, 0.2) is 42.5 Å². The Bertz CT molecular complexity index is 755. The summed E-state index contributed by atoms with van der Waals surface area (Å²) in [6.07, 6.45) is 3.12. The van der Waals surface area contributed by atoms with Crippen molar-refractivity contribution in [2.24, 2.45) is 0 Å². The second-order valence-corrected chi connectivity index (χ2v) is 6.91. The van der Waals surface area contributed by atoms with E-state index in [1.165, 1.54) is 11.1 Å². The van der Waals surface area contributed by atoms with Crippen LogP contribution in [0.3, 0.4) is 0 Å². The summed E-state index contributed by atoms with van der Waals surface area (Å²) in [6.45, 7) is 5.54. The normalized spacial score (nSPS) is 17.3. The van der Waals surface area contributed by atoms with Crippen LogP contribution in [0, 0.1) is 6.92 Å². The van der Waals surface area contributed by atoms with Crippen LogP contribution in [0.4, 0.5) is 5.69 Å². The number of benzene rings is 2. The molecule has 0 saturated carbocycles. The third kappa shape index (κ3) is 4.07. The number of para-hydroxylation sites is 1. The number of carbonyl (C=O) groups is 1. The van der Waals surface area contributed by atoms with Gasteiger partial charge in [0.15, 0.2) is 0 Å². The van der Waals surface area contributed by atoms with Crippen molar-refractivity contribution in [1.29, 1.82) is 0 Å². The Labute approximate surface area is 156 Å². The van der Waals surface area contributed by atoms with Crippen molar-refractivity contribution in [2.75, 3.05) is 25.5 Å². The number of anilines is 1. The van der Waals surface area contributed by atoms with Crippen LogP contribution >= 0.6 is 0 Å². The Morgan fingerprint density at radius 2 is 2.00 bits per heavy atom. The highest BCUT2D eigenvalue weighted by Gasteiger charge is 2.27. The van der Waals surface area contributed by atoms with Crippen molar-refractivity contribution in [1.82, 2.24) is 4.90 Å². The number of likely N-dealkylation sites (tertiary alicyclic amines) is 1. The van der Waals surface area contributed by atoms with Crippen molar-refractivity contribution in [3.8, 4) is 5.75 Å². The predicted molar refractivity (Wildman–Crippen MR) is 106 cm³/mol. The largest absolute Gasteiger partial charge is 0.497 e. The minimum atomic E-state index is 0.0643. The molecule has 1 fully saturated rings. The highest BCUT2D eigenvalue weighted by molar-refractivity contribution is 5.93. The number of amides is 1. The molecule has 2 aromatic rings. The maximum absolute atomic E-state index is 12.7. The molecule has 0 radical (unpaired) electrons. The molecule has 138 valence electrons. The highest BCUT2D eigenvalue weighted by Crippen LogP contribution is 2.32. The minimum absolute atomic E-state index is 0.0643. The second-order valence-electron chi connectivity index (χ2n) is 6.91. The number of rotatable bonds is 6. The predicted octanol–water partition coefficient (Wildman–Crippen LogP) is 4.34. The quantitative estimate of drug-likeness (QED) is 0.841. The van der Waals surface area contributed by atoms with Crippen LogP contribution in [-0.2, 0) is 11.2 Å². The van der Waals surface area contributed by atoms with Gasteiger partial charge in [-0.05, 0) is 61.6 Å². The smallest absolute Gasteiger partial charge is 0.238 e. The van der Waals surface area contributed by atoms with Crippen LogP contribution in [0.1, 0.15) is 42.5 Å². The number of carbonyl (C=O) groups excluding carboxylic acids is 1. The monoisotopic (exact) mass is 352 g/mol. The van der Waals surface area contributed by atoms with Crippen LogP contribution in [0.25, 0.3) is 0 Å². The number of aryl methyl sites for hydroxylation is 2. The van der Waals surface area contributed by atoms with Gasteiger partial charge in [0.1, 0.15) is 5.75 Å². The minimum Gasteiger partial charge on any atom is -0.497 e. The summed E-state index contributed by atoms with van der Waals surface area (Å²) in [5.41, 5.74) is 4.53. The number of methoxy groups -OCH3 is 1. The Balaban J connectivity index is 1.68. The summed E-state index contributed by atoms with van der Waals surface area (Å²) >= 11 is 0. The molecule has 1 N–H and O–H groups in total. The van der Waals surface area contributed by atoms with Gasteiger partial charge in [0.2, 0.25) is 5.91 Å². The number of ether oxygens (including phenoxy) is 1. The van der Waals surface area contributed by atoms with Crippen molar-refractivity contribution < 1.29 is 9.53 Å². The summed E-state index contributed by atoms with van der Waals surface area (Å²) in [7, 11) is 1.68. The highest BCUT2D eigenvalue weighted by atomic mass is 16.5. The van der Waals surface area contributed by atoms with E-state index in [4.69, 9.17) is 4.74 Å². The third-order valence-electron chi connectivity index (χ3n) is 5.22. The average Bonchev–Trinajstić information content (AvgIpc) is 3.11. The Morgan fingerprint density at radius 1 is 1.23 bits per heavy atom. The van der Waals surface area contributed by atoms with Gasteiger partial charge in [0.25, 0.3) is 0 Å². The van der Waals surface area contributed by atoms with Gasteiger partial charge in [0, 0.05) is 11.7 Å². The topological polar surface area (TPSA) is 41.6 Å². The summed E-state index contributed by atoms with van der Waals surface area (Å²) in [6, 6.07) is 14.7. The molecular formula is C22H28N2O2. The first-order valence-corrected chi connectivity index (χ1v) is 9.38. The van der Waals surface area contributed by atoms with E-state index >= 15 is 0 Å². The second kappa shape index (κ2) is 8.37. The van der Waals surface area contributed by atoms with Gasteiger partial charge in [-0.3, -0.25) is 9.69 Å². The van der Waals surface area contributed by atoms with Crippen LogP contribution in [0.2, 0.25) is 0 Å². The first-order valence-electron chi connectivity index (χ1n) is 9.38. The van der Waals surface area contributed by atoms with Gasteiger partial charge < -0.3 is 10.1 Å². The molecule has 0 spiro atoms. The lowest BCUT2D eigenvalue weighted by atomic mass is 10.0. The van der Waals surface area contributed by atoms with Gasteiger partial charge >= 0.3 is 0 Å². The van der Waals surface area contributed by atoms with Crippen molar-refractivity contribution >= 4 is 11.6 Å². The van der Waals surface area contributed by atoms with Crippen molar-refractivity contribution in [3.05, 3.63) is 59.2 Å². The van der Waals surface area contributed by atoms with E-state index in [1.54, 1.807) is 7.11 Å². The van der Waals surface area contributed by atoms with Crippen molar-refractivity contribution in [3.63, 3.8) is 0 Å². The molecule has 0 aliphatic carbocycles. The summed E-state index contributed by atoms with van der Waals surface area (Å²) in [5, 5.41) is 3.15. The molecule has 4 nitrogen and oxygen atoms in total. The van der Waals surface area contributed by atoms with E-state index in [9.17, 15) is 4.79 Å². The van der Waals surface area contributed by atoms with E-state index in [0.29, 0.717) is 12.6 Å². The van der Waals surface area contributed by atoms with Gasteiger partial charge in [-0.15, -0.1) is 0 Å². The number of nitrogens with one attached hydrogen (secondary N) is 1. The third-order valence-corrected chi connectivity index (χ3v) is 5.22. The molecule has 4 heteroatoms. The fourth-order valence-corrected chi connectivity index (χ4v) is 3.78. The van der Waals surface area contributed by atoms with Gasteiger partial charge in [-0.25, -0.2) is 0 Å². The molecule has 1 atom stereocenters. The van der Waals surface area contributed by atoms with Crippen LogP contribution in [-0.4, -0.2) is 31.0 Å². The maximum Gasteiger partial charge on any atom is 0.238 e. The first-order chi connectivity index (χ1) is 12.6. The zero-order valence-corrected chi connectivity index (χ0v) is 15.9. The lowest BCUT2D eigenvalue weighted by molar-refractivity contribution is -0.117. The summed E-state index contributed by atoms with van der Waals surface area (Å²) in [4.78, 5) is 15.0. The van der Waals surface area contributed by atoms with Gasteiger partial charge in [-0.1, -0.05) is 37.3 Å². The number of nitrogens with zero attached hydrogens (tertiary/aromatic N) is 1. The molecule has 1 saturated heterocycles. The Hall–Kier alpha value is -2.33. The van der Waals surface area contributed by atoms with Crippen LogP contribution < -0.4 is 10.1 Å². The molecule has 3 rings (SSSR count). The molecule has 1 aliphatic rings. The van der Waals surface area contributed by atoms with Crippen LogP contribution in [0.5, 0.6) is 5.75 Å². The molecule has 0 aromatic heterocycles. The number of hydrogen-bond acceptors (Lipinski definition) is 3. The van der Waals surface area contributed by atoms with E-state index < -0.39 is 0 Å². The van der Waals surface area contributed by atoms with E-state index in [0.717, 1.165) is 42.8 Å². The van der Waals surface area contributed by atoms with E-state index in [1.807, 2.05) is 31.2 Å². The zero-order chi connectivity index (χ0) is 18.5. The van der Waals surface area contributed by atoms with Gasteiger partial charge in [0.05, 0.1) is 13.7 Å². The SMILES string of the molecule is CCc1cccc(C)c1NC(=O)CN1CCCC1c1ccc(OC)cc1. The molecule has 1 amide bonds. The molecule has 26 heavy (non-hydrogen) atoms.